The average molecular weight is 356 g/mol. The molecule has 0 saturated carbocycles. The molecule has 0 unspecified atom stereocenters. The molecule has 7 heteroatoms. The Bertz CT molecular complexity index is 883. The van der Waals surface area contributed by atoms with E-state index >= 15 is 0 Å². The van der Waals surface area contributed by atoms with Gasteiger partial charge in [0.25, 0.3) is 5.91 Å². The van der Waals surface area contributed by atoms with Gasteiger partial charge in [0.05, 0.1) is 16.3 Å². The second-order valence-electron chi connectivity index (χ2n) is 6.70. The molecule has 0 aliphatic rings. The van der Waals surface area contributed by atoms with E-state index < -0.39 is 0 Å². The quantitative estimate of drug-likeness (QED) is 0.774. The van der Waals surface area contributed by atoms with Crippen LogP contribution in [0.4, 0.5) is 5.69 Å². The first-order valence-electron chi connectivity index (χ1n) is 7.79. The van der Waals surface area contributed by atoms with Crippen molar-refractivity contribution in [2.75, 3.05) is 5.32 Å². The molecule has 25 heavy (non-hydrogen) atoms. The lowest BCUT2D eigenvalue weighted by molar-refractivity contribution is 0.102. The van der Waals surface area contributed by atoms with Gasteiger partial charge in [0.2, 0.25) is 0 Å². The summed E-state index contributed by atoms with van der Waals surface area (Å²) in [6, 6.07) is 12.8. The number of carbonyl (C=O) groups is 1. The van der Waals surface area contributed by atoms with Gasteiger partial charge >= 0.3 is 0 Å². The van der Waals surface area contributed by atoms with Crippen LogP contribution in [0.25, 0.3) is 5.69 Å². The molecule has 0 fully saturated rings. The summed E-state index contributed by atoms with van der Waals surface area (Å²) in [6.07, 6.45) is 1.45. The summed E-state index contributed by atoms with van der Waals surface area (Å²) < 4.78 is 1.46. The highest BCUT2D eigenvalue weighted by molar-refractivity contribution is 6.34. The van der Waals surface area contributed by atoms with Crippen molar-refractivity contribution < 1.29 is 4.79 Å². The van der Waals surface area contributed by atoms with Crippen LogP contribution in [0.15, 0.2) is 48.8 Å². The Morgan fingerprint density at radius 3 is 2.44 bits per heavy atom. The molecular formula is C18H18ClN5O. The molecule has 6 nitrogen and oxygen atoms in total. The number of carbonyl (C=O) groups excluding carboxylic acids is 1. The van der Waals surface area contributed by atoms with Crippen LogP contribution in [-0.2, 0) is 5.41 Å². The first-order chi connectivity index (χ1) is 11.8. The zero-order valence-corrected chi connectivity index (χ0v) is 14.9. The van der Waals surface area contributed by atoms with Gasteiger partial charge in [-0.2, -0.15) is 0 Å². The van der Waals surface area contributed by atoms with Crippen molar-refractivity contribution in [3.63, 3.8) is 0 Å². The topological polar surface area (TPSA) is 72.7 Å². The normalized spacial score (nSPS) is 11.4. The van der Waals surface area contributed by atoms with E-state index in [4.69, 9.17) is 11.6 Å². The highest BCUT2D eigenvalue weighted by Crippen LogP contribution is 2.25. The number of nitrogens with one attached hydrogen (secondary N) is 1. The molecule has 0 aliphatic heterocycles. The molecule has 0 aliphatic carbocycles. The summed E-state index contributed by atoms with van der Waals surface area (Å²) in [5.41, 5.74) is 2.98. The second-order valence-corrected chi connectivity index (χ2v) is 7.11. The number of hydrogen-bond acceptors (Lipinski definition) is 4. The van der Waals surface area contributed by atoms with Crippen molar-refractivity contribution in [3.8, 4) is 5.69 Å². The molecule has 128 valence electrons. The summed E-state index contributed by atoms with van der Waals surface area (Å²) in [5, 5.41) is 14.2. The first kappa shape index (κ1) is 17.1. The van der Waals surface area contributed by atoms with Crippen molar-refractivity contribution in [2.45, 2.75) is 26.2 Å². The Morgan fingerprint density at radius 2 is 1.84 bits per heavy atom. The zero-order chi connectivity index (χ0) is 18.0. The number of benzene rings is 2. The minimum atomic E-state index is -0.288. The number of nitrogens with zero attached hydrogens (tertiary/aromatic N) is 4. The van der Waals surface area contributed by atoms with Crippen molar-refractivity contribution >= 4 is 23.2 Å². The molecule has 0 saturated heterocycles. The zero-order valence-electron chi connectivity index (χ0n) is 14.2. The van der Waals surface area contributed by atoms with Crippen LogP contribution in [-0.4, -0.2) is 26.1 Å². The third-order valence-electron chi connectivity index (χ3n) is 3.82. The predicted octanol–water partition coefficient (Wildman–Crippen LogP) is 3.87. The lowest BCUT2D eigenvalue weighted by Gasteiger charge is -2.19. The van der Waals surface area contributed by atoms with Crippen LogP contribution in [0.2, 0.25) is 5.02 Å². The van der Waals surface area contributed by atoms with E-state index in [1.54, 1.807) is 18.2 Å². The van der Waals surface area contributed by atoms with E-state index in [0.29, 0.717) is 22.0 Å². The van der Waals surface area contributed by atoms with Crippen LogP contribution in [0.3, 0.4) is 0 Å². The van der Waals surface area contributed by atoms with Crippen LogP contribution < -0.4 is 5.32 Å². The van der Waals surface area contributed by atoms with Gasteiger partial charge in [0.1, 0.15) is 6.33 Å². The smallest absolute Gasteiger partial charge is 0.257 e. The molecular weight excluding hydrogens is 338 g/mol. The fourth-order valence-electron chi connectivity index (χ4n) is 2.36. The van der Waals surface area contributed by atoms with Gasteiger partial charge < -0.3 is 5.32 Å². The molecule has 0 spiro atoms. The first-order valence-corrected chi connectivity index (χ1v) is 8.17. The van der Waals surface area contributed by atoms with Gasteiger partial charge in [-0.3, -0.25) is 4.79 Å². The Morgan fingerprint density at radius 1 is 1.12 bits per heavy atom. The summed E-state index contributed by atoms with van der Waals surface area (Å²) in [7, 11) is 0. The van der Waals surface area contributed by atoms with Gasteiger partial charge in [0, 0.05) is 5.69 Å². The summed E-state index contributed by atoms with van der Waals surface area (Å²) in [4.78, 5) is 12.6. The van der Waals surface area contributed by atoms with Gasteiger partial charge in [-0.15, -0.1) is 5.10 Å². The maximum absolute atomic E-state index is 12.6. The summed E-state index contributed by atoms with van der Waals surface area (Å²) in [6.45, 7) is 6.43. The molecule has 1 amide bonds. The summed E-state index contributed by atoms with van der Waals surface area (Å²) >= 11 is 6.18. The molecule has 3 aromatic rings. The molecule has 1 aromatic heterocycles. The van der Waals surface area contributed by atoms with E-state index in [2.05, 4.69) is 41.6 Å². The Labute approximate surface area is 150 Å². The predicted molar refractivity (Wildman–Crippen MR) is 97.3 cm³/mol. The summed E-state index contributed by atoms with van der Waals surface area (Å²) in [5.74, 6) is -0.288. The minimum Gasteiger partial charge on any atom is -0.322 e. The lowest BCUT2D eigenvalue weighted by Crippen LogP contribution is -2.14. The number of anilines is 1. The molecule has 1 N–H and O–H groups in total. The highest BCUT2D eigenvalue weighted by Gasteiger charge is 2.15. The molecule has 3 rings (SSSR count). The van der Waals surface area contributed by atoms with Crippen LogP contribution in [0.1, 0.15) is 36.7 Å². The van der Waals surface area contributed by atoms with Gasteiger partial charge in [0.15, 0.2) is 0 Å². The molecule has 0 bridgehead atoms. The van der Waals surface area contributed by atoms with Crippen molar-refractivity contribution in [3.05, 3.63) is 64.9 Å². The number of rotatable bonds is 3. The third-order valence-corrected chi connectivity index (χ3v) is 4.15. The number of amides is 1. The molecule has 1 heterocycles. The molecule has 2 aromatic carbocycles. The Balaban J connectivity index is 1.83. The van der Waals surface area contributed by atoms with Crippen LogP contribution >= 0.6 is 11.6 Å². The number of aromatic nitrogens is 4. The monoisotopic (exact) mass is 355 g/mol. The van der Waals surface area contributed by atoms with E-state index in [9.17, 15) is 4.79 Å². The van der Waals surface area contributed by atoms with Gasteiger partial charge in [-0.1, -0.05) is 44.5 Å². The lowest BCUT2D eigenvalue weighted by atomic mass is 9.87. The van der Waals surface area contributed by atoms with E-state index in [-0.39, 0.29) is 11.3 Å². The van der Waals surface area contributed by atoms with Crippen LogP contribution in [0.5, 0.6) is 0 Å². The Hall–Kier alpha value is -2.73. The van der Waals surface area contributed by atoms with E-state index in [0.717, 1.165) is 0 Å². The Kier molecular flexibility index (Phi) is 4.55. The molecule has 0 atom stereocenters. The fraction of sp³-hybridized carbons (Fsp3) is 0.222. The minimum absolute atomic E-state index is 0.0615. The number of tetrazole rings is 1. The maximum Gasteiger partial charge on any atom is 0.257 e. The highest BCUT2D eigenvalue weighted by atomic mass is 35.5. The van der Waals surface area contributed by atoms with Gasteiger partial charge in [-0.25, -0.2) is 4.68 Å². The SMILES string of the molecule is CC(C)(C)c1ccc(NC(=O)c2cc(-n3cnnn3)ccc2Cl)cc1. The molecule has 0 radical (unpaired) electrons. The number of hydrogen-bond donors (Lipinski definition) is 1. The van der Waals surface area contributed by atoms with Crippen molar-refractivity contribution in [2.24, 2.45) is 0 Å². The largest absolute Gasteiger partial charge is 0.322 e. The maximum atomic E-state index is 12.6. The van der Waals surface area contributed by atoms with Crippen molar-refractivity contribution in [1.82, 2.24) is 20.2 Å². The standard InChI is InChI=1S/C18H18ClN5O/c1-18(2,3)12-4-6-13(7-5-12)21-17(25)15-10-14(8-9-16(15)19)24-11-20-22-23-24/h4-11H,1-3H3,(H,21,25). The second kappa shape index (κ2) is 6.64. The van der Waals surface area contributed by atoms with Gasteiger partial charge in [-0.05, 0) is 51.7 Å². The van der Waals surface area contributed by atoms with Crippen molar-refractivity contribution in [1.29, 1.82) is 0 Å². The fourth-order valence-corrected chi connectivity index (χ4v) is 2.56. The third kappa shape index (κ3) is 3.85. The number of halogens is 1. The van der Waals surface area contributed by atoms with Crippen LogP contribution in [0, 0.1) is 0 Å². The average Bonchev–Trinajstić information content (AvgIpc) is 3.09. The van der Waals surface area contributed by atoms with E-state index in [1.807, 2.05) is 24.3 Å². The van der Waals surface area contributed by atoms with E-state index in [1.165, 1.54) is 16.6 Å².